The van der Waals surface area contributed by atoms with Crippen LogP contribution in [0, 0.1) is 0 Å². The summed E-state index contributed by atoms with van der Waals surface area (Å²) in [4.78, 5) is 12.2. The maximum Gasteiger partial charge on any atom is 0.289 e. The highest BCUT2D eigenvalue weighted by Crippen LogP contribution is 2.21. The summed E-state index contributed by atoms with van der Waals surface area (Å²) in [5.74, 6) is -0.331. The van der Waals surface area contributed by atoms with Crippen molar-refractivity contribution in [2.45, 2.75) is 26.2 Å². The number of aromatic amines is 1. The molecule has 0 saturated heterocycles. The average molecular weight is 346 g/mol. The zero-order valence-corrected chi connectivity index (χ0v) is 15.2. The highest BCUT2D eigenvalue weighted by Gasteiger charge is 2.12. The fraction of sp³-hybridized carbons (Fsp3) is 0.190. The Bertz CT molecular complexity index is 903. The number of benzene rings is 2. The van der Waals surface area contributed by atoms with E-state index in [1.165, 1.54) is 5.56 Å². The first kappa shape index (κ1) is 17.6. The van der Waals surface area contributed by atoms with Crippen LogP contribution in [0.4, 0.5) is 0 Å². The predicted octanol–water partition coefficient (Wildman–Crippen LogP) is 4.14. The highest BCUT2D eigenvalue weighted by atomic mass is 16.2. The second-order valence-corrected chi connectivity index (χ2v) is 7.10. The van der Waals surface area contributed by atoms with E-state index in [4.69, 9.17) is 0 Å². The van der Waals surface area contributed by atoms with Crippen LogP contribution in [-0.2, 0) is 5.41 Å². The van der Waals surface area contributed by atoms with Crippen molar-refractivity contribution in [3.8, 4) is 11.3 Å². The van der Waals surface area contributed by atoms with Gasteiger partial charge in [0.05, 0.1) is 11.9 Å². The molecule has 2 N–H and O–H groups in total. The van der Waals surface area contributed by atoms with Gasteiger partial charge < -0.3 is 0 Å². The molecule has 5 nitrogen and oxygen atoms in total. The van der Waals surface area contributed by atoms with Gasteiger partial charge in [0.25, 0.3) is 5.91 Å². The molecule has 132 valence electrons. The Morgan fingerprint density at radius 3 is 2.42 bits per heavy atom. The minimum absolute atomic E-state index is 0.112. The van der Waals surface area contributed by atoms with Gasteiger partial charge >= 0.3 is 0 Å². The largest absolute Gasteiger partial charge is 0.289 e. The van der Waals surface area contributed by atoms with E-state index in [9.17, 15) is 4.79 Å². The van der Waals surface area contributed by atoms with E-state index in [-0.39, 0.29) is 11.3 Å². The third-order valence-electron chi connectivity index (χ3n) is 4.05. The van der Waals surface area contributed by atoms with Gasteiger partial charge in [-0.2, -0.15) is 10.2 Å². The SMILES string of the molecule is CC(C)(C)c1ccc(/C=N\NC(=O)c2cc(-c3ccccc3)n[nH]2)cc1. The Morgan fingerprint density at radius 2 is 1.77 bits per heavy atom. The van der Waals surface area contributed by atoms with Gasteiger partial charge in [0, 0.05) is 5.56 Å². The van der Waals surface area contributed by atoms with Crippen molar-refractivity contribution in [3.05, 3.63) is 77.5 Å². The van der Waals surface area contributed by atoms with Gasteiger partial charge in [0.1, 0.15) is 5.69 Å². The molecule has 3 rings (SSSR count). The monoisotopic (exact) mass is 346 g/mol. The molecule has 0 saturated carbocycles. The first-order chi connectivity index (χ1) is 12.4. The Morgan fingerprint density at radius 1 is 1.08 bits per heavy atom. The number of hydrogen-bond donors (Lipinski definition) is 2. The van der Waals surface area contributed by atoms with E-state index in [0.29, 0.717) is 5.69 Å². The number of aromatic nitrogens is 2. The molecule has 0 unspecified atom stereocenters. The molecule has 1 aromatic heterocycles. The van der Waals surface area contributed by atoms with Crippen LogP contribution in [0.15, 0.2) is 65.8 Å². The van der Waals surface area contributed by atoms with Gasteiger partial charge in [0.15, 0.2) is 0 Å². The van der Waals surface area contributed by atoms with Crippen molar-refractivity contribution >= 4 is 12.1 Å². The van der Waals surface area contributed by atoms with Gasteiger partial charge in [-0.05, 0) is 22.6 Å². The third-order valence-corrected chi connectivity index (χ3v) is 4.05. The average Bonchev–Trinajstić information content (AvgIpc) is 3.12. The van der Waals surface area contributed by atoms with Gasteiger partial charge in [0.2, 0.25) is 0 Å². The van der Waals surface area contributed by atoms with Crippen LogP contribution in [0.25, 0.3) is 11.3 Å². The molecule has 1 amide bonds. The molecule has 3 aromatic rings. The van der Waals surface area contributed by atoms with Crippen molar-refractivity contribution in [1.29, 1.82) is 0 Å². The van der Waals surface area contributed by atoms with Crippen LogP contribution in [0.1, 0.15) is 42.4 Å². The first-order valence-electron chi connectivity index (χ1n) is 8.48. The molecule has 2 aromatic carbocycles. The maximum atomic E-state index is 12.2. The van der Waals surface area contributed by atoms with Crippen molar-refractivity contribution in [3.63, 3.8) is 0 Å². The number of amides is 1. The smallest absolute Gasteiger partial charge is 0.272 e. The van der Waals surface area contributed by atoms with Crippen molar-refractivity contribution in [1.82, 2.24) is 15.6 Å². The van der Waals surface area contributed by atoms with E-state index in [1.807, 2.05) is 42.5 Å². The lowest BCUT2D eigenvalue weighted by Gasteiger charge is -2.18. The maximum absolute atomic E-state index is 12.2. The summed E-state index contributed by atoms with van der Waals surface area (Å²) in [6, 6.07) is 19.5. The summed E-state index contributed by atoms with van der Waals surface area (Å²) in [6.07, 6.45) is 1.62. The Balaban J connectivity index is 1.62. The summed E-state index contributed by atoms with van der Waals surface area (Å²) in [6.45, 7) is 6.51. The molecule has 0 aliphatic heterocycles. The second-order valence-electron chi connectivity index (χ2n) is 7.10. The Labute approximate surface area is 153 Å². The van der Waals surface area contributed by atoms with Gasteiger partial charge in [-0.1, -0.05) is 75.4 Å². The van der Waals surface area contributed by atoms with Crippen LogP contribution in [0.2, 0.25) is 0 Å². The fourth-order valence-electron chi connectivity index (χ4n) is 2.49. The fourth-order valence-corrected chi connectivity index (χ4v) is 2.49. The first-order valence-corrected chi connectivity index (χ1v) is 8.48. The Kier molecular flexibility index (Phi) is 4.98. The quantitative estimate of drug-likeness (QED) is 0.550. The summed E-state index contributed by atoms with van der Waals surface area (Å²) in [7, 11) is 0. The predicted molar refractivity (Wildman–Crippen MR) is 104 cm³/mol. The lowest BCUT2D eigenvalue weighted by Crippen LogP contribution is -2.18. The number of rotatable bonds is 4. The van der Waals surface area contributed by atoms with Crippen LogP contribution < -0.4 is 5.43 Å². The molecule has 26 heavy (non-hydrogen) atoms. The summed E-state index contributed by atoms with van der Waals surface area (Å²) in [5, 5.41) is 10.9. The number of nitrogens with one attached hydrogen (secondary N) is 2. The van der Waals surface area contributed by atoms with Crippen LogP contribution in [-0.4, -0.2) is 22.3 Å². The lowest BCUT2D eigenvalue weighted by atomic mass is 9.87. The molecule has 1 heterocycles. The van der Waals surface area contributed by atoms with Gasteiger partial charge in [-0.25, -0.2) is 5.43 Å². The summed E-state index contributed by atoms with van der Waals surface area (Å²) >= 11 is 0. The van der Waals surface area contributed by atoms with Gasteiger partial charge in [-0.15, -0.1) is 0 Å². The number of H-pyrrole nitrogens is 1. The zero-order chi connectivity index (χ0) is 18.6. The van der Waals surface area contributed by atoms with Gasteiger partial charge in [-0.3, -0.25) is 9.89 Å². The zero-order valence-electron chi connectivity index (χ0n) is 15.2. The molecular formula is C21H22N4O. The number of nitrogens with zero attached hydrogens (tertiary/aromatic N) is 2. The standard InChI is InChI=1S/C21H22N4O/c1-21(2,3)17-11-9-15(10-12-17)14-22-25-20(26)19-13-18(23-24-19)16-7-5-4-6-8-16/h4-14H,1-3H3,(H,23,24)(H,25,26)/b22-14-. The second kappa shape index (κ2) is 7.35. The van der Waals surface area contributed by atoms with Crippen molar-refractivity contribution in [2.24, 2.45) is 5.10 Å². The number of hydrogen-bond acceptors (Lipinski definition) is 3. The molecule has 0 atom stereocenters. The summed E-state index contributed by atoms with van der Waals surface area (Å²) < 4.78 is 0. The normalized spacial score (nSPS) is 11.7. The Hall–Kier alpha value is -3.21. The highest BCUT2D eigenvalue weighted by molar-refractivity contribution is 5.94. The molecule has 0 fully saturated rings. The van der Waals surface area contributed by atoms with Crippen LogP contribution >= 0.6 is 0 Å². The number of hydrazone groups is 1. The van der Waals surface area contributed by atoms with E-state index in [0.717, 1.165) is 16.8 Å². The van der Waals surface area contributed by atoms with Crippen LogP contribution in [0.5, 0.6) is 0 Å². The minimum Gasteiger partial charge on any atom is -0.272 e. The van der Waals surface area contributed by atoms with E-state index in [1.54, 1.807) is 12.3 Å². The lowest BCUT2D eigenvalue weighted by molar-refractivity contribution is 0.0950. The van der Waals surface area contributed by atoms with E-state index < -0.39 is 0 Å². The van der Waals surface area contributed by atoms with E-state index in [2.05, 4.69) is 53.6 Å². The molecule has 0 aliphatic rings. The van der Waals surface area contributed by atoms with Crippen LogP contribution in [0.3, 0.4) is 0 Å². The molecule has 0 aliphatic carbocycles. The van der Waals surface area contributed by atoms with E-state index >= 15 is 0 Å². The molecule has 0 radical (unpaired) electrons. The molecular weight excluding hydrogens is 324 g/mol. The molecule has 0 spiro atoms. The minimum atomic E-state index is -0.331. The number of carbonyl (C=O) groups excluding carboxylic acids is 1. The molecule has 0 bridgehead atoms. The topological polar surface area (TPSA) is 70.1 Å². The van der Waals surface area contributed by atoms with Crippen molar-refractivity contribution < 1.29 is 4.79 Å². The third kappa shape index (κ3) is 4.25. The summed E-state index contributed by atoms with van der Waals surface area (Å²) in [5.41, 5.74) is 6.84. The molecule has 5 heteroatoms. The van der Waals surface area contributed by atoms with Crippen molar-refractivity contribution in [2.75, 3.05) is 0 Å². The number of carbonyl (C=O) groups is 1.